The second kappa shape index (κ2) is 6.30. The first-order valence-electron chi connectivity index (χ1n) is 6.96. The van der Waals surface area contributed by atoms with Crippen molar-refractivity contribution in [2.24, 2.45) is 0 Å². The highest BCUT2D eigenvalue weighted by atomic mass is 32.1. The van der Waals surface area contributed by atoms with Gasteiger partial charge in [0, 0.05) is 0 Å². The Kier molecular flexibility index (Phi) is 5.96. The van der Waals surface area contributed by atoms with Crippen molar-refractivity contribution in [2.75, 3.05) is 0 Å². The summed E-state index contributed by atoms with van der Waals surface area (Å²) >= 11 is 0. The van der Waals surface area contributed by atoms with E-state index < -0.39 is 11.9 Å². The summed E-state index contributed by atoms with van der Waals surface area (Å²) in [4.78, 5) is 11.2. The second-order valence-electron chi connectivity index (χ2n) is 7.52. The van der Waals surface area contributed by atoms with Gasteiger partial charge in [-0.1, -0.05) is 53.7 Å². The van der Waals surface area contributed by atoms with Crippen molar-refractivity contribution < 1.29 is 15.0 Å². The maximum atomic E-state index is 11.2. The fourth-order valence-corrected chi connectivity index (χ4v) is 2.19. The number of phenols is 1. The topological polar surface area (TPSA) is 57.5 Å². The van der Waals surface area contributed by atoms with E-state index in [0.717, 1.165) is 16.7 Å². The number of carboxylic acids is 1. The van der Waals surface area contributed by atoms with Gasteiger partial charge >= 0.3 is 5.97 Å². The third-order valence-electron chi connectivity index (χ3n) is 3.62. The van der Waals surface area contributed by atoms with Crippen LogP contribution in [0.3, 0.4) is 0 Å². The molecule has 3 nitrogen and oxygen atoms in total. The van der Waals surface area contributed by atoms with Crippen molar-refractivity contribution in [2.45, 2.75) is 65.2 Å². The lowest BCUT2D eigenvalue weighted by molar-refractivity contribution is -0.138. The average Bonchev–Trinajstić information content (AvgIpc) is 2.24. The monoisotopic (exact) mass is 312 g/mol. The molecular formula is C17H28O3S. The van der Waals surface area contributed by atoms with E-state index in [-0.39, 0.29) is 30.1 Å². The Morgan fingerprint density at radius 2 is 1.33 bits per heavy atom. The number of aliphatic carboxylic acids is 1. The first kappa shape index (κ1) is 19.8. The van der Waals surface area contributed by atoms with Crippen molar-refractivity contribution in [3.8, 4) is 5.75 Å². The SMILES string of the molecule is CC(C(=O)O)c1cc(C(C)(C)C)c(O)c(C(C)(C)C)c1.S. The second-order valence-corrected chi connectivity index (χ2v) is 7.52. The average molecular weight is 312 g/mol. The maximum absolute atomic E-state index is 11.2. The van der Waals surface area contributed by atoms with Gasteiger partial charge in [0.1, 0.15) is 5.75 Å². The Hall–Kier alpha value is -1.16. The van der Waals surface area contributed by atoms with E-state index in [2.05, 4.69) is 0 Å². The third kappa shape index (κ3) is 4.40. The van der Waals surface area contributed by atoms with Gasteiger partial charge in [-0.2, -0.15) is 13.5 Å². The molecule has 0 amide bonds. The molecule has 0 aliphatic rings. The molecule has 1 aromatic carbocycles. The van der Waals surface area contributed by atoms with Crippen LogP contribution in [-0.2, 0) is 15.6 Å². The predicted octanol–water partition coefficient (Wildman–Crippen LogP) is 4.29. The first-order chi connectivity index (χ1) is 8.85. The Bertz CT molecular complexity index is 487. The summed E-state index contributed by atoms with van der Waals surface area (Å²) in [6.07, 6.45) is 0. The number of rotatable bonds is 2. The van der Waals surface area contributed by atoms with Gasteiger partial charge in [0.2, 0.25) is 0 Å². The van der Waals surface area contributed by atoms with E-state index in [9.17, 15) is 15.0 Å². The minimum atomic E-state index is -0.851. The molecule has 0 heterocycles. The summed E-state index contributed by atoms with van der Waals surface area (Å²) in [7, 11) is 0. The summed E-state index contributed by atoms with van der Waals surface area (Å²) in [5.74, 6) is -1.15. The summed E-state index contributed by atoms with van der Waals surface area (Å²) < 4.78 is 0. The van der Waals surface area contributed by atoms with Gasteiger partial charge in [-0.25, -0.2) is 0 Å². The van der Waals surface area contributed by atoms with Crippen molar-refractivity contribution >= 4 is 19.5 Å². The van der Waals surface area contributed by atoms with E-state index in [0.29, 0.717) is 0 Å². The van der Waals surface area contributed by atoms with E-state index in [4.69, 9.17) is 0 Å². The van der Waals surface area contributed by atoms with Gasteiger partial charge < -0.3 is 10.2 Å². The number of aromatic hydroxyl groups is 1. The third-order valence-corrected chi connectivity index (χ3v) is 3.62. The zero-order valence-corrected chi connectivity index (χ0v) is 15.0. The molecule has 1 unspecified atom stereocenters. The molecule has 4 heteroatoms. The number of benzene rings is 1. The van der Waals surface area contributed by atoms with Crippen LogP contribution in [0.15, 0.2) is 12.1 Å². The summed E-state index contributed by atoms with van der Waals surface area (Å²) in [5, 5.41) is 19.8. The molecular weight excluding hydrogens is 284 g/mol. The summed E-state index contributed by atoms with van der Waals surface area (Å²) in [6.45, 7) is 13.8. The molecule has 0 fully saturated rings. The van der Waals surface area contributed by atoms with Crippen molar-refractivity contribution in [3.63, 3.8) is 0 Å². The van der Waals surface area contributed by atoms with Crippen LogP contribution in [-0.4, -0.2) is 16.2 Å². The number of hydrogen-bond donors (Lipinski definition) is 2. The highest BCUT2D eigenvalue weighted by Gasteiger charge is 2.28. The van der Waals surface area contributed by atoms with Crippen molar-refractivity contribution in [1.82, 2.24) is 0 Å². The molecule has 2 N–H and O–H groups in total. The maximum Gasteiger partial charge on any atom is 0.310 e. The molecule has 0 saturated heterocycles. The molecule has 120 valence electrons. The lowest BCUT2D eigenvalue weighted by Crippen LogP contribution is -2.19. The first-order valence-corrected chi connectivity index (χ1v) is 6.96. The Morgan fingerprint density at radius 1 is 1.00 bits per heavy atom. The lowest BCUT2D eigenvalue weighted by Gasteiger charge is -2.28. The Balaban J connectivity index is 0.00000400. The summed E-state index contributed by atoms with van der Waals surface area (Å²) in [6, 6.07) is 3.65. The fraction of sp³-hybridized carbons (Fsp3) is 0.588. The molecule has 0 spiro atoms. The van der Waals surface area contributed by atoms with Crippen LogP contribution in [0.5, 0.6) is 5.75 Å². The van der Waals surface area contributed by atoms with Crippen LogP contribution in [0, 0.1) is 0 Å². The van der Waals surface area contributed by atoms with Crippen LogP contribution >= 0.6 is 13.5 Å². The fourth-order valence-electron chi connectivity index (χ4n) is 2.19. The molecule has 1 atom stereocenters. The highest BCUT2D eigenvalue weighted by Crippen LogP contribution is 2.41. The predicted molar refractivity (Wildman–Crippen MR) is 91.9 cm³/mol. The quantitative estimate of drug-likeness (QED) is 0.856. The van der Waals surface area contributed by atoms with Gasteiger partial charge in [-0.15, -0.1) is 0 Å². The normalized spacial score (nSPS) is 13.5. The van der Waals surface area contributed by atoms with Gasteiger partial charge in [0.05, 0.1) is 5.92 Å². The van der Waals surface area contributed by atoms with Gasteiger partial charge in [-0.3, -0.25) is 4.79 Å². The van der Waals surface area contributed by atoms with Crippen molar-refractivity contribution in [3.05, 3.63) is 28.8 Å². The van der Waals surface area contributed by atoms with Crippen LogP contribution in [0.2, 0.25) is 0 Å². The molecule has 1 aromatic rings. The highest BCUT2D eigenvalue weighted by molar-refractivity contribution is 7.59. The molecule has 21 heavy (non-hydrogen) atoms. The van der Waals surface area contributed by atoms with E-state index in [1.165, 1.54) is 0 Å². The smallest absolute Gasteiger partial charge is 0.310 e. The largest absolute Gasteiger partial charge is 0.507 e. The van der Waals surface area contributed by atoms with Gasteiger partial charge in [0.25, 0.3) is 0 Å². The van der Waals surface area contributed by atoms with Crippen molar-refractivity contribution in [1.29, 1.82) is 0 Å². The van der Waals surface area contributed by atoms with E-state index in [1.54, 1.807) is 6.92 Å². The van der Waals surface area contributed by atoms with Gasteiger partial charge in [-0.05, 0) is 34.4 Å². The van der Waals surface area contributed by atoms with Crippen LogP contribution in [0.4, 0.5) is 0 Å². The number of carboxylic acid groups (broad SMARTS) is 1. The molecule has 0 bridgehead atoms. The molecule has 0 aliphatic heterocycles. The Labute approximate surface area is 134 Å². The molecule has 0 saturated carbocycles. The minimum Gasteiger partial charge on any atom is -0.507 e. The molecule has 0 aliphatic carbocycles. The zero-order valence-electron chi connectivity index (χ0n) is 14.0. The van der Waals surface area contributed by atoms with Crippen LogP contribution in [0.1, 0.15) is 71.1 Å². The standard InChI is InChI=1S/C17H26O3.H2S/c1-10(15(19)20)11-8-12(16(2,3)4)14(18)13(9-11)17(5,6)7;/h8-10,18H,1-7H3,(H,19,20);1H2. The van der Waals surface area contributed by atoms with Crippen LogP contribution in [0.25, 0.3) is 0 Å². The van der Waals surface area contributed by atoms with Gasteiger partial charge in [0.15, 0.2) is 0 Å². The molecule has 0 aromatic heterocycles. The summed E-state index contributed by atoms with van der Waals surface area (Å²) in [5.41, 5.74) is 1.86. The van der Waals surface area contributed by atoms with E-state index in [1.807, 2.05) is 53.7 Å². The molecule has 0 radical (unpaired) electrons. The van der Waals surface area contributed by atoms with Crippen LogP contribution < -0.4 is 0 Å². The van der Waals surface area contributed by atoms with E-state index >= 15 is 0 Å². The minimum absolute atomic E-state index is 0. The number of phenolic OH excluding ortho intramolecular Hbond substituents is 1. The lowest BCUT2D eigenvalue weighted by atomic mass is 9.77. The zero-order chi connectivity index (χ0) is 15.9. The Morgan fingerprint density at radius 3 is 1.57 bits per heavy atom. The molecule has 1 rings (SSSR count). The number of carbonyl (C=O) groups is 1. The number of hydrogen-bond acceptors (Lipinski definition) is 2.